The second-order valence-electron chi connectivity index (χ2n) is 5.03. The lowest BCUT2D eigenvalue weighted by Gasteiger charge is -2.33. The van der Waals surface area contributed by atoms with Gasteiger partial charge in [0.15, 0.2) is 0 Å². The molecule has 0 spiro atoms. The lowest BCUT2D eigenvalue weighted by Crippen LogP contribution is -2.49. The quantitative estimate of drug-likeness (QED) is 0.931. The molecule has 3 rings (SSSR count). The molecule has 100 valence electrons. The van der Waals surface area contributed by atoms with Crippen LogP contribution in [0.1, 0.15) is 12.6 Å². The highest BCUT2D eigenvalue weighted by atomic mass is 32.1. The Balaban J connectivity index is 1.71. The first-order valence-corrected chi connectivity index (χ1v) is 7.65. The van der Waals surface area contributed by atoms with Crippen molar-refractivity contribution in [3.05, 3.63) is 41.4 Å². The van der Waals surface area contributed by atoms with E-state index in [1.807, 2.05) is 6.07 Å². The molecule has 1 atom stereocenters. The molecular weight excluding hydrogens is 254 g/mol. The highest BCUT2D eigenvalue weighted by Crippen LogP contribution is 2.24. The molecule has 1 aliphatic heterocycles. The molecule has 1 aromatic heterocycles. The number of aromatic nitrogens is 1. The molecule has 1 fully saturated rings. The molecule has 0 radical (unpaired) electrons. The van der Waals surface area contributed by atoms with E-state index in [-0.39, 0.29) is 0 Å². The number of nitrogens with zero attached hydrogens (tertiary/aromatic N) is 2. The number of hydrogen-bond donors (Lipinski definition) is 1. The molecule has 1 saturated heterocycles. The largest absolute Gasteiger partial charge is 0.314 e. The van der Waals surface area contributed by atoms with Crippen molar-refractivity contribution in [3.63, 3.8) is 0 Å². The van der Waals surface area contributed by atoms with Gasteiger partial charge in [0, 0.05) is 43.2 Å². The summed E-state index contributed by atoms with van der Waals surface area (Å²) >= 11 is 1.74. The van der Waals surface area contributed by atoms with Crippen LogP contribution in [-0.4, -0.2) is 35.6 Å². The highest BCUT2D eigenvalue weighted by Gasteiger charge is 2.18. The summed E-state index contributed by atoms with van der Waals surface area (Å²) in [4.78, 5) is 7.27. The fourth-order valence-electron chi connectivity index (χ4n) is 2.42. The molecule has 0 aliphatic carbocycles. The summed E-state index contributed by atoms with van der Waals surface area (Å²) in [5.41, 5.74) is 2.41. The van der Waals surface area contributed by atoms with Crippen LogP contribution >= 0.6 is 11.3 Å². The van der Waals surface area contributed by atoms with Crippen molar-refractivity contribution in [1.29, 1.82) is 0 Å². The van der Waals surface area contributed by atoms with Crippen LogP contribution in [0.15, 0.2) is 35.7 Å². The minimum absolute atomic E-state index is 0.593. The maximum absolute atomic E-state index is 4.77. The van der Waals surface area contributed by atoms with Crippen LogP contribution in [0.5, 0.6) is 0 Å². The van der Waals surface area contributed by atoms with Crippen molar-refractivity contribution >= 4 is 11.3 Å². The molecule has 1 N–H and O–H groups in total. The van der Waals surface area contributed by atoms with Crippen LogP contribution in [0.3, 0.4) is 0 Å². The molecule has 0 saturated carbocycles. The zero-order valence-corrected chi connectivity index (χ0v) is 12.0. The van der Waals surface area contributed by atoms with E-state index >= 15 is 0 Å². The number of rotatable bonds is 3. The van der Waals surface area contributed by atoms with Crippen LogP contribution in [0.25, 0.3) is 10.6 Å². The lowest BCUT2D eigenvalue weighted by molar-refractivity contribution is 0.164. The Morgan fingerprint density at radius 2 is 2.21 bits per heavy atom. The Kier molecular flexibility index (Phi) is 3.92. The van der Waals surface area contributed by atoms with Gasteiger partial charge in [0.05, 0.1) is 5.69 Å². The van der Waals surface area contributed by atoms with Gasteiger partial charge in [-0.2, -0.15) is 0 Å². The maximum Gasteiger partial charge on any atom is 0.123 e. The summed E-state index contributed by atoms with van der Waals surface area (Å²) in [6.45, 7) is 6.51. The van der Waals surface area contributed by atoms with Crippen LogP contribution in [0, 0.1) is 0 Å². The smallest absolute Gasteiger partial charge is 0.123 e. The van der Waals surface area contributed by atoms with Gasteiger partial charge >= 0.3 is 0 Å². The van der Waals surface area contributed by atoms with Gasteiger partial charge in [-0.1, -0.05) is 30.3 Å². The standard InChI is InChI=1S/C15H19N3S/c1-12-9-16-7-8-18(12)10-14-11-19-15(17-14)13-5-3-2-4-6-13/h2-6,11-12,16H,7-10H2,1H3. The SMILES string of the molecule is CC1CNCCN1Cc1csc(-c2ccccc2)n1. The van der Waals surface area contributed by atoms with E-state index in [0.29, 0.717) is 6.04 Å². The molecule has 1 aromatic carbocycles. The second-order valence-corrected chi connectivity index (χ2v) is 5.89. The third kappa shape index (κ3) is 3.03. The van der Waals surface area contributed by atoms with E-state index in [9.17, 15) is 0 Å². The van der Waals surface area contributed by atoms with E-state index in [1.54, 1.807) is 11.3 Å². The number of piperazine rings is 1. The molecule has 2 aromatic rings. The first-order chi connectivity index (χ1) is 9.33. The van der Waals surface area contributed by atoms with E-state index in [1.165, 1.54) is 11.3 Å². The monoisotopic (exact) mass is 273 g/mol. The van der Waals surface area contributed by atoms with Crippen LogP contribution in [0.2, 0.25) is 0 Å². The van der Waals surface area contributed by atoms with E-state index in [0.717, 1.165) is 31.2 Å². The molecule has 1 aliphatic rings. The van der Waals surface area contributed by atoms with Gasteiger partial charge < -0.3 is 5.32 Å². The van der Waals surface area contributed by atoms with E-state index in [4.69, 9.17) is 4.98 Å². The van der Waals surface area contributed by atoms with Crippen molar-refractivity contribution in [1.82, 2.24) is 15.2 Å². The normalized spacial score (nSPS) is 20.6. The maximum atomic E-state index is 4.77. The van der Waals surface area contributed by atoms with Gasteiger partial charge in [-0.05, 0) is 6.92 Å². The van der Waals surface area contributed by atoms with Crippen LogP contribution in [0.4, 0.5) is 0 Å². The second kappa shape index (κ2) is 5.82. The number of nitrogens with one attached hydrogen (secondary N) is 1. The zero-order valence-electron chi connectivity index (χ0n) is 11.2. The summed E-state index contributed by atoms with van der Waals surface area (Å²) in [5.74, 6) is 0. The molecule has 0 bridgehead atoms. The average molecular weight is 273 g/mol. The van der Waals surface area contributed by atoms with Crippen molar-refractivity contribution in [3.8, 4) is 10.6 Å². The number of benzene rings is 1. The number of hydrogen-bond acceptors (Lipinski definition) is 4. The van der Waals surface area contributed by atoms with Crippen molar-refractivity contribution in [2.75, 3.05) is 19.6 Å². The topological polar surface area (TPSA) is 28.2 Å². The Labute approximate surface area is 118 Å². The van der Waals surface area contributed by atoms with Gasteiger partial charge in [-0.15, -0.1) is 11.3 Å². The predicted octanol–water partition coefficient (Wildman–Crippen LogP) is 2.60. The zero-order chi connectivity index (χ0) is 13.1. The molecule has 1 unspecified atom stereocenters. The average Bonchev–Trinajstić information content (AvgIpc) is 2.91. The minimum atomic E-state index is 0.593. The molecule has 19 heavy (non-hydrogen) atoms. The van der Waals surface area contributed by atoms with Gasteiger partial charge in [-0.3, -0.25) is 4.90 Å². The molecule has 3 nitrogen and oxygen atoms in total. The first-order valence-electron chi connectivity index (χ1n) is 6.77. The highest BCUT2D eigenvalue weighted by molar-refractivity contribution is 7.13. The van der Waals surface area contributed by atoms with Crippen molar-refractivity contribution < 1.29 is 0 Å². The number of thiazole rings is 1. The Hall–Kier alpha value is -1.23. The molecule has 4 heteroatoms. The summed E-state index contributed by atoms with van der Waals surface area (Å²) in [6.07, 6.45) is 0. The third-order valence-electron chi connectivity index (χ3n) is 3.58. The third-order valence-corrected chi connectivity index (χ3v) is 4.52. The molecule has 0 amide bonds. The first kappa shape index (κ1) is 12.8. The van der Waals surface area contributed by atoms with Crippen LogP contribution in [-0.2, 0) is 6.54 Å². The summed E-state index contributed by atoms with van der Waals surface area (Å²) in [5, 5.41) is 6.74. The van der Waals surface area contributed by atoms with E-state index in [2.05, 4.69) is 46.8 Å². The van der Waals surface area contributed by atoms with Crippen molar-refractivity contribution in [2.24, 2.45) is 0 Å². The predicted molar refractivity (Wildman–Crippen MR) is 80.3 cm³/mol. The van der Waals surface area contributed by atoms with Crippen molar-refractivity contribution in [2.45, 2.75) is 19.5 Å². The minimum Gasteiger partial charge on any atom is -0.314 e. The van der Waals surface area contributed by atoms with Gasteiger partial charge in [0.2, 0.25) is 0 Å². The Bertz CT molecular complexity index is 523. The van der Waals surface area contributed by atoms with Crippen LogP contribution < -0.4 is 5.32 Å². The lowest BCUT2D eigenvalue weighted by atomic mass is 10.2. The van der Waals surface area contributed by atoms with E-state index < -0.39 is 0 Å². The fraction of sp³-hybridized carbons (Fsp3) is 0.400. The summed E-state index contributed by atoms with van der Waals surface area (Å²) in [7, 11) is 0. The van der Waals surface area contributed by atoms with Gasteiger partial charge in [-0.25, -0.2) is 4.98 Å². The summed E-state index contributed by atoms with van der Waals surface area (Å²) < 4.78 is 0. The summed E-state index contributed by atoms with van der Waals surface area (Å²) in [6, 6.07) is 11.0. The molecular formula is C15H19N3S. The fourth-order valence-corrected chi connectivity index (χ4v) is 3.24. The van der Waals surface area contributed by atoms with Gasteiger partial charge in [0.1, 0.15) is 5.01 Å². The molecule has 2 heterocycles. The Morgan fingerprint density at radius 1 is 1.37 bits per heavy atom. The van der Waals surface area contributed by atoms with Gasteiger partial charge in [0.25, 0.3) is 0 Å². The Morgan fingerprint density at radius 3 is 3.00 bits per heavy atom.